The van der Waals surface area contributed by atoms with Crippen LogP contribution in [0.5, 0.6) is 5.75 Å². The predicted molar refractivity (Wildman–Crippen MR) is 74.9 cm³/mol. The van der Waals surface area contributed by atoms with Crippen molar-refractivity contribution < 1.29 is 9.13 Å². The zero-order valence-electron chi connectivity index (χ0n) is 9.09. The highest BCUT2D eigenvalue weighted by atomic mass is 79.9. The van der Waals surface area contributed by atoms with Crippen molar-refractivity contribution in [2.45, 2.75) is 6.61 Å². The first-order valence-corrected chi connectivity index (χ1v) is 6.63. The molecule has 5 heteroatoms. The smallest absolute Gasteiger partial charge is 0.134 e. The number of benzene rings is 2. The third kappa shape index (κ3) is 3.16. The first kappa shape index (κ1) is 13.7. The minimum absolute atomic E-state index is 0.267. The molecular weight excluding hydrogens is 342 g/mol. The molecule has 1 nitrogen and oxygen atoms in total. The molecule has 0 spiro atoms. The zero-order chi connectivity index (χ0) is 13.1. The molecule has 0 saturated heterocycles. The Morgan fingerprint density at radius 1 is 1.17 bits per heavy atom. The van der Waals surface area contributed by atoms with Gasteiger partial charge in [-0.3, -0.25) is 0 Å². The fourth-order valence-corrected chi connectivity index (χ4v) is 2.25. The van der Waals surface area contributed by atoms with E-state index in [2.05, 4.69) is 15.9 Å². The molecule has 2 aromatic rings. The van der Waals surface area contributed by atoms with Gasteiger partial charge in [0.05, 0.1) is 14.5 Å². The Balaban J connectivity index is 2.14. The lowest BCUT2D eigenvalue weighted by Crippen LogP contribution is -1.97. The van der Waals surface area contributed by atoms with Gasteiger partial charge in [0.25, 0.3) is 0 Å². The number of halogens is 4. The molecule has 0 bridgehead atoms. The Hall–Kier alpha value is -0.770. The third-order valence-corrected chi connectivity index (χ3v) is 3.79. The molecule has 0 aromatic heterocycles. The predicted octanol–water partition coefficient (Wildman–Crippen LogP) is 5.47. The Morgan fingerprint density at radius 3 is 2.67 bits per heavy atom. The van der Waals surface area contributed by atoms with Gasteiger partial charge in [0.2, 0.25) is 0 Å². The zero-order valence-corrected chi connectivity index (χ0v) is 12.2. The van der Waals surface area contributed by atoms with E-state index in [4.69, 9.17) is 27.9 Å². The van der Waals surface area contributed by atoms with E-state index in [1.165, 1.54) is 12.1 Å². The average Bonchev–Trinajstić information content (AvgIpc) is 2.33. The van der Waals surface area contributed by atoms with Crippen LogP contribution in [-0.4, -0.2) is 0 Å². The monoisotopic (exact) mass is 348 g/mol. The van der Waals surface area contributed by atoms with E-state index in [1.54, 1.807) is 18.2 Å². The summed E-state index contributed by atoms with van der Waals surface area (Å²) in [7, 11) is 0. The lowest BCUT2D eigenvalue weighted by atomic mass is 10.2. The van der Waals surface area contributed by atoms with Gasteiger partial charge in [-0.1, -0.05) is 35.3 Å². The standard InChI is InChI=1S/C13H8BrCl2FO/c14-10-6-9(17)4-5-12(10)18-7-8-2-1-3-11(15)13(8)16/h1-6H,7H2. The third-order valence-electron chi connectivity index (χ3n) is 2.31. The van der Waals surface area contributed by atoms with E-state index in [1.807, 2.05) is 6.07 Å². The molecule has 0 aliphatic rings. The Morgan fingerprint density at radius 2 is 1.94 bits per heavy atom. The number of hydrogen-bond acceptors (Lipinski definition) is 1. The highest BCUT2D eigenvalue weighted by Gasteiger charge is 2.07. The van der Waals surface area contributed by atoms with E-state index in [0.29, 0.717) is 20.3 Å². The molecule has 0 aliphatic heterocycles. The second-order valence-electron chi connectivity index (χ2n) is 3.58. The minimum atomic E-state index is -0.324. The summed E-state index contributed by atoms with van der Waals surface area (Å²) in [4.78, 5) is 0. The summed E-state index contributed by atoms with van der Waals surface area (Å²) in [6.45, 7) is 0.267. The van der Waals surface area contributed by atoms with Gasteiger partial charge in [0.1, 0.15) is 18.2 Å². The normalized spacial score (nSPS) is 10.4. The molecular formula is C13H8BrCl2FO. The summed E-state index contributed by atoms with van der Waals surface area (Å²) in [6.07, 6.45) is 0. The quantitative estimate of drug-likeness (QED) is 0.713. The summed E-state index contributed by atoms with van der Waals surface area (Å²) >= 11 is 15.2. The topological polar surface area (TPSA) is 9.23 Å². The minimum Gasteiger partial charge on any atom is -0.488 e. The summed E-state index contributed by atoms with van der Waals surface area (Å²) in [5.74, 6) is 0.224. The molecule has 0 aliphatic carbocycles. The van der Waals surface area contributed by atoms with Crippen molar-refractivity contribution in [2.75, 3.05) is 0 Å². The number of rotatable bonds is 3. The second-order valence-corrected chi connectivity index (χ2v) is 5.22. The first-order chi connectivity index (χ1) is 8.58. The molecule has 0 atom stereocenters. The van der Waals surface area contributed by atoms with Crippen molar-refractivity contribution in [1.29, 1.82) is 0 Å². The van der Waals surface area contributed by atoms with Crippen molar-refractivity contribution in [3.63, 3.8) is 0 Å². The van der Waals surface area contributed by atoms with Gasteiger partial charge in [-0.25, -0.2) is 4.39 Å². The molecule has 2 rings (SSSR count). The van der Waals surface area contributed by atoms with Crippen molar-refractivity contribution in [1.82, 2.24) is 0 Å². The molecule has 0 unspecified atom stereocenters. The van der Waals surface area contributed by atoms with Gasteiger partial charge < -0.3 is 4.74 Å². The van der Waals surface area contributed by atoms with Crippen molar-refractivity contribution >= 4 is 39.1 Å². The Kier molecular flexibility index (Phi) is 4.49. The van der Waals surface area contributed by atoms with Crippen molar-refractivity contribution in [3.05, 3.63) is 62.3 Å². The fourth-order valence-electron chi connectivity index (χ4n) is 1.41. The lowest BCUT2D eigenvalue weighted by molar-refractivity contribution is 0.304. The first-order valence-electron chi connectivity index (χ1n) is 5.08. The molecule has 0 saturated carbocycles. The summed E-state index contributed by atoms with van der Waals surface area (Å²) in [5.41, 5.74) is 0.778. The molecule has 2 aromatic carbocycles. The largest absolute Gasteiger partial charge is 0.488 e. The number of ether oxygens (including phenoxy) is 1. The second kappa shape index (κ2) is 5.91. The summed E-state index contributed by atoms with van der Waals surface area (Å²) in [6, 6.07) is 9.56. The maximum Gasteiger partial charge on any atom is 0.134 e. The highest BCUT2D eigenvalue weighted by Crippen LogP contribution is 2.29. The van der Waals surface area contributed by atoms with Gasteiger partial charge in [0, 0.05) is 5.56 Å². The fraction of sp³-hybridized carbons (Fsp3) is 0.0769. The van der Waals surface area contributed by atoms with Crippen LogP contribution in [-0.2, 0) is 6.61 Å². The van der Waals surface area contributed by atoms with Crippen LogP contribution < -0.4 is 4.74 Å². The van der Waals surface area contributed by atoms with Crippen molar-refractivity contribution in [2.24, 2.45) is 0 Å². The molecule has 94 valence electrons. The number of hydrogen-bond donors (Lipinski definition) is 0. The van der Waals surface area contributed by atoms with Crippen LogP contribution in [0.15, 0.2) is 40.9 Å². The summed E-state index contributed by atoms with van der Waals surface area (Å²) in [5, 5.41) is 0.952. The molecule has 0 N–H and O–H groups in total. The van der Waals surface area contributed by atoms with Gasteiger partial charge in [-0.2, -0.15) is 0 Å². The van der Waals surface area contributed by atoms with Gasteiger partial charge in [-0.15, -0.1) is 0 Å². The maximum absolute atomic E-state index is 12.9. The Bertz CT molecular complexity index is 575. The van der Waals surface area contributed by atoms with E-state index in [0.717, 1.165) is 5.56 Å². The highest BCUT2D eigenvalue weighted by molar-refractivity contribution is 9.10. The molecule has 0 radical (unpaired) electrons. The summed E-state index contributed by atoms with van der Waals surface area (Å²) < 4.78 is 19.0. The van der Waals surface area contributed by atoms with Crippen LogP contribution in [0, 0.1) is 5.82 Å². The maximum atomic E-state index is 12.9. The van der Waals surface area contributed by atoms with Gasteiger partial charge >= 0.3 is 0 Å². The molecule has 18 heavy (non-hydrogen) atoms. The van der Waals surface area contributed by atoms with Gasteiger partial charge in [0.15, 0.2) is 0 Å². The van der Waals surface area contributed by atoms with Crippen molar-refractivity contribution in [3.8, 4) is 5.75 Å². The van der Waals surface area contributed by atoms with Crippen LogP contribution >= 0.6 is 39.1 Å². The van der Waals surface area contributed by atoms with Crippen LogP contribution in [0.1, 0.15) is 5.56 Å². The van der Waals surface area contributed by atoms with Crippen LogP contribution in [0.25, 0.3) is 0 Å². The SMILES string of the molecule is Fc1ccc(OCc2cccc(Cl)c2Cl)c(Br)c1. The van der Waals surface area contributed by atoms with Crippen LogP contribution in [0.4, 0.5) is 4.39 Å². The van der Waals surface area contributed by atoms with E-state index in [-0.39, 0.29) is 12.4 Å². The van der Waals surface area contributed by atoms with Crippen LogP contribution in [0.3, 0.4) is 0 Å². The Labute approximate surface area is 123 Å². The average molecular weight is 350 g/mol. The van der Waals surface area contributed by atoms with E-state index >= 15 is 0 Å². The molecule has 0 heterocycles. The van der Waals surface area contributed by atoms with E-state index in [9.17, 15) is 4.39 Å². The molecule has 0 amide bonds. The van der Waals surface area contributed by atoms with E-state index < -0.39 is 0 Å². The van der Waals surface area contributed by atoms with Gasteiger partial charge in [-0.05, 0) is 40.2 Å². The molecule has 0 fully saturated rings. The lowest BCUT2D eigenvalue weighted by Gasteiger charge is -2.10. The van der Waals surface area contributed by atoms with Crippen LogP contribution in [0.2, 0.25) is 10.0 Å².